The molecule has 21 heavy (non-hydrogen) atoms. The molecule has 0 aromatic heterocycles. The molecular formula is C17H26N2O2. The SMILES string of the molecule is CCC(NCCC(=O)N1CCCCC1)c1ccccc1O. The number of hydrogen-bond acceptors (Lipinski definition) is 3. The third-order valence-corrected chi connectivity index (χ3v) is 4.16. The minimum absolute atomic E-state index is 0.0976. The minimum atomic E-state index is 0.0976. The van der Waals surface area contributed by atoms with Gasteiger partial charge in [0.1, 0.15) is 5.75 Å². The molecule has 1 atom stereocenters. The van der Waals surface area contributed by atoms with Gasteiger partial charge in [-0.2, -0.15) is 0 Å². The quantitative estimate of drug-likeness (QED) is 0.847. The van der Waals surface area contributed by atoms with Gasteiger partial charge in [0.25, 0.3) is 0 Å². The molecule has 0 spiro atoms. The maximum Gasteiger partial charge on any atom is 0.223 e. The van der Waals surface area contributed by atoms with Gasteiger partial charge >= 0.3 is 0 Å². The molecule has 1 aromatic rings. The van der Waals surface area contributed by atoms with Crippen molar-refractivity contribution < 1.29 is 9.90 Å². The van der Waals surface area contributed by atoms with E-state index in [4.69, 9.17) is 0 Å². The molecule has 4 nitrogen and oxygen atoms in total. The number of rotatable bonds is 6. The molecule has 1 fully saturated rings. The van der Waals surface area contributed by atoms with Gasteiger partial charge in [0.2, 0.25) is 5.91 Å². The van der Waals surface area contributed by atoms with Crippen LogP contribution in [0.25, 0.3) is 0 Å². The summed E-state index contributed by atoms with van der Waals surface area (Å²) in [5.74, 6) is 0.563. The minimum Gasteiger partial charge on any atom is -0.508 e. The van der Waals surface area contributed by atoms with Gasteiger partial charge in [0.05, 0.1) is 0 Å². The summed E-state index contributed by atoms with van der Waals surface area (Å²) in [4.78, 5) is 14.1. The van der Waals surface area contributed by atoms with E-state index in [1.165, 1.54) is 6.42 Å². The Hall–Kier alpha value is -1.55. The second-order valence-corrected chi connectivity index (χ2v) is 5.67. The van der Waals surface area contributed by atoms with Gasteiger partial charge in [0, 0.05) is 37.7 Å². The Morgan fingerprint density at radius 1 is 1.29 bits per heavy atom. The smallest absolute Gasteiger partial charge is 0.223 e. The molecule has 1 aromatic carbocycles. The van der Waals surface area contributed by atoms with Crippen LogP contribution in [0.1, 0.15) is 50.6 Å². The Bertz CT molecular complexity index is 456. The zero-order valence-corrected chi connectivity index (χ0v) is 12.8. The van der Waals surface area contributed by atoms with Crippen LogP contribution in [-0.2, 0) is 4.79 Å². The lowest BCUT2D eigenvalue weighted by molar-refractivity contribution is -0.132. The molecule has 0 bridgehead atoms. The highest BCUT2D eigenvalue weighted by Crippen LogP contribution is 2.25. The monoisotopic (exact) mass is 290 g/mol. The lowest BCUT2D eigenvalue weighted by Crippen LogP contribution is -2.37. The van der Waals surface area contributed by atoms with Crippen molar-refractivity contribution in [2.45, 2.75) is 45.1 Å². The first kappa shape index (κ1) is 15.8. The van der Waals surface area contributed by atoms with E-state index in [0.29, 0.717) is 18.7 Å². The second-order valence-electron chi connectivity index (χ2n) is 5.67. The molecular weight excluding hydrogens is 264 g/mol. The Balaban J connectivity index is 1.81. The number of nitrogens with zero attached hydrogens (tertiary/aromatic N) is 1. The number of amides is 1. The summed E-state index contributed by atoms with van der Waals surface area (Å²) >= 11 is 0. The molecule has 0 radical (unpaired) electrons. The molecule has 2 rings (SSSR count). The molecule has 1 unspecified atom stereocenters. The van der Waals surface area contributed by atoms with Crippen molar-refractivity contribution in [2.24, 2.45) is 0 Å². The average Bonchev–Trinajstić information content (AvgIpc) is 2.53. The summed E-state index contributed by atoms with van der Waals surface area (Å²) in [5.41, 5.74) is 0.908. The Morgan fingerprint density at radius 2 is 2.00 bits per heavy atom. The Labute approximate surface area is 127 Å². The summed E-state index contributed by atoms with van der Waals surface area (Å²) in [7, 11) is 0. The van der Waals surface area contributed by atoms with Crippen molar-refractivity contribution in [3.8, 4) is 5.75 Å². The zero-order chi connectivity index (χ0) is 15.1. The highest BCUT2D eigenvalue weighted by molar-refractivity contribution is 5.76. The highest BCUT2D eigenvalue weighted by Gasteiger charge is 2.17. The van der Waals surface area contributed by atoms with E-state index < -0.39 is 0 Å². The van der Waals surface area contributed by atoms with Gasteiger partial charge in [-0.05, 0) is 31.7 Å². The van der Waals surface area contributed by atoms with Crippen LogP contribution in [0.4, 0.5) is 0 Å². The van der Waals surface area contributed by atoms with E-state index in [-0.39, 0.29) is 11.9 Å². The van der Waals surface area contributed by atoms with Crippen LogP contribution >= 0.6 is 0 Å². The van der Waals surface area contributed by atoms with Gasteiger partial charge in [0.15, 0.2) is 0 Å². The molecule has 2 N–H and O–H groups in total. The van der Waals surface area contributed by atoms with Gasteiger partial charge in [-0.15, -0.1) is 0 Å². The maximum absolute atomic E-state index is 12.1. The number of nitrogens with one attached hydrogen (secondary N) is 1. The van der Waals surface area contributed by atoms with Crippen LogP contribution in [0.5, 0.6) is 5.75 Å². The van der Waals surface area contributed by atoms with Crippen molar-refractivity contribution in [3.05, 3.63) is 29.8 Å². The number of phenols is 1. The number of piperidine rings is 1. The first-order valence-corrected chi connectivity index (χ1v) is 8.01. The normalized spacial score (nSPS) is 16.7. The summed E-state index contributed by atoms with van der Waals surface area (Å²) in [6.07, 6.45) is 4.93. The van der Waals surface area contributed by atoms with Crippen molar-refractivity contribution >= 4 is 5.91 Å². The first-order valence-electron chi connectivity index (χ1n) is 8.01. The molecule has 1 aliphatic heterocycles. The van der Waals surface area contributed by atoms with Crippen LogP contribution in [0.15, 0.2) is 24.3 Å². The van der Waals surface area contributed by atoms with Crippen LogP contribution in [-0.4, -0.2) is 35.5 Å². The van der Waals surface area contributed by atoms with E-state index in [2.05, 4.69) is 12.2 Å². The predicted octanol–water partition coefficient (Wildman–Crippen LogP) is 2.84. The third-order valence-electron chi connectivity index (χ3n) is 4.16. The Morgan fingerprint density at radius 3 is 2.67 bits per heavy atom. The first-order chi connectivity index (χ1) is 10.2. The Kier molecular flexibility index (Phi) is 6.05. The van der Waals surface area contributed by atoms with E-state index in [1.807, 2.05) is 23.1 Å². The molecule has 0 saturated carbocycles. The molecule has 4 heteroatoms. The van der Waals surface area contributed by atoms with Gasteiger partial charge in [-0.25, -0.2) is 0 Å². The number of carbonyl (C=O) groups is 1. The van der Waals surface area contributed by atoms with E-state index in [1.54, 1.807) is 6.07 Å². The van der Waals surface area contributed by atoms with Crippen LogP contribution in [0, 0.1) is 0 Å². The number of para-hydroxylation sites is 1. The zero-order valence-electron chi connectivity index (χ0n) is 12.8. The van der Waals surface area contributed by atoms with Crippen molar-refractivity contribution in [3.63, 3.8) is 0 Å². The third kappa shape index (κ3) is 4.46. The second kappa shape index (κ2) is 8.03. The predicted molar refractivity (Wildman–Crippen MR) is 84.2 cm³/mol. The van der Waals surface area contributed by atoms with E-state index >= 15 is 0 Å². The number of benzene rings is 1. The number of carbonyl (C=O) groups excluding carboxylic acids is 1. The summed E-state index contributed by atoms with van der Waals surface area (Å²) in [6, 6.07) is 7.49. The standard InChI is InChI=1S/C17H26N2O2/c1-2-15(14-8-4-5-9-16(14)20)18-11-10-17(21)19-12-6-3-7-13-19/h4-5,8-9,15,18,20H,2-3,6-7,10-13H2,1H3. The lowest BCUT2D eigenvalue weighted by atomic mass is 10.0. The largest absolute Gasteiger partial charge is 0.508 e. The molecule has 1 aliphatic rings. The van der Waals surface area contributed by atoms with Gasteiger partial charge < -0.3 is 15.3 Å². The summed E-state index contributed by atoms with van der Waals surface area (Å²) in [6.45, 7) is 4.56. The number of hydrogen-bond donors (Lipinski definition) is 2. The van der Waals surface area contributed by atoms with Gasteiger partial charge in [-0.1, -0.05) is 25.1 Å². The van der Waals surface area contributed by atoms with Crippen LogP contribution < -0.4 is 5.32 Å². The van der Waals surface area contributed by atoms with Crippen molar-refractivity contribution in [1.29, 1.82) is 0 Å². The van der Waals surface area contributed by atoms with Crippen LogP contribution in [0.3, 0.4) is 0 Å². The summed E-state index contributed by atoms with van der Waals surface area (Å²) in [5, 5.41) is 13.3. The molecule has 1 heterocycles. The molecule has 116 valence electrons. The topological polar surface area (TPSA) is 52.6 Å². The summed E-state index contributed by atoms with van der Waals surface area (Å²) < 4.78 is 0. The fourth-order valence-electron chi connectivity index (χ4n) is 2.91. The average molecular weight is 290 g/mol. The van der Waals surface area contributed by atoms with E-state index in [0.717, 1.165) is 37.9 Å². The van der Waals surface area contributed by atoms with Crippen molar-refractivity contribution in [1.82, 2.24) is 10.2 Å². The molecule has 1 amide bonds. The van der Waals surface area contributed by atoms with Crippen molar-refractivity contribution in [2.75, 3.05) is 19.6 Å². The molecule has 0 aliphatic carbocycles. The van der Waals surface area contributed by atoms with Crippen LogP contribution in [0.2, 0.25) is 0 Å². The lowest BCUT2D eigenvalue weighted by Gasteiger charge is -2.27. The van der Waals surface area contributed by atoms with E-state index in [9.17, 15) is 9.90 Å². The molecule has 1 saturated heterocycles. The highest BCUT2D eigenvalue weighted by atomic mass is 16.3. The number of aromatic hydroxyl groups is 1. The van der Waals surface area contributed by atoms with Gasteiger partial charge in [-0.3, -0.25) is 4.79 Å². The number of likely N-dealkylation sites (tertiary alicyclic amines) is 1. The number of phenolic OH excluding ortho intramolecular Hbond substituents is 1. The maximum atomic E-state index is 12.1. The fraction of sp³-hybridized carbons (Fsp3) is 0.588. The fourth-order valence-corrected chi connectivity index (χ4v) is 2.91.